The molecule has 1 amide bonds. The lowest BCUT2D eigenvalue weighted by molar-refractivity contribution is -0.121. The number of rotatable bonds is 6. The Hall–Kier alpha value is -1.66. The van der Waals surface area contributed by atoms with Crippen molar-refractivity contribution in [3.05, 3.63) is 45.2 Å². The highest BCUT2D eigenvalue weighted by atomic mass is 79.9. The van der Waals surface area contributed by atoms with Crippen molar-refractivity contribution in [1.29, 1.82) is 0 Å². The van der Waals surface area contributed by atoms with Gasteiger partial charge in [0.15, 0.2) is 5.43 Å². The number of benzene rings is 1. The second kappa shape index (κ2) is 7.38. The van der Waals surface area contributed by atoms with Crippen LogP contribution in [0.1, 0.15) is 6.42 Å². The third-order valence-electron chi connectivity index (χ3n) is 3.10. The van der Waals surface area contributed by atoms with Crippen LogP contribution in [0.4, 0.5) is 0 Å². The molecule has 6 heteroatoms. The van der Waals surface area contributed by atoms with Crippen molar-refractivity contribution in [2.75, 3.05) is 20.3 Å². The highest BCUT2D eigenvalue weighted by Crippen LogP contribution is 2.17. The van der Waals surface area contributed by atoms with E-state index in [2.05, 4.69) is 21.2 Å². The van der Waals surface area contributed by atoms with E-state index in [1.165, 1.54) is 6.07 Å². The summed E-state index contributed by atoms with van der Waals surface area (Å²) in [7, 11) is 1.63. The molecule has 0 saturated heterocycles. The number of nitrogens with zero attached hydrogens (tertiary/aromatic N) is 1. The highest BCUT2D eigenvalue weighted by molar-refractivity contribution is 9.10. The van der Waals surface area contributed by atoms with E-state index < -0.39 is 0 Å². The molecule has 1 aromatic carbocycles. The van der Waals surface area contributed by atoms with E-state index in [1.807, 2.05) is 12.1 Å². The van der Waals surface area contributed by atoms with Gasteiger partial charge in [-0.3, -0.25) is 9.59 Å². The van der Waals surface area contributed by atoms with Crippen molar-refractivity contribution < 1.29 is 9.53 Å². The maximum absolute atomic E-state index is 11.9. The predicted octanol–water partition coefficient (Wildman–Crippen LogP) is 1.92. The number of hydrogen-bond acceptors (Lipinski definition) is 3. The Kier molecular flexibility index (Phi) is 5.52. The first-order valence-electron chi connectivity index (χ1n) is 6.66. The topological polar surface area (TPSA) is 60.3 Å². The fourth-order valence-electron chi connectivity index (χ4n) is 2.07. The zero-order chi connectivity index (χ0) is 15.2. The Morgan fingerprint density at radius 3 is 2.95 bits per heavy atom. The van der Waals surface area contributed by atoms with Crippen molar-refractivity contribution in [1.82, 2.24) is 9.88 Å². The zero-order valence-electron chi connectivity index (χ0n) is 11.8. The van der Waals surface area contributed by atoms with E-state index in [-0.39, 0.29) is 17.9 Å². The molecule has 21 heavy (non-hydrogen) atoms. The Bertz CT molecular complexity index is 697. The van der Waals surface area contributed by atoms with Gasteiger partial charge in [-0.25, -0.2) is 0 Å². The first kappa shape index (κ1) is 15.7. The van der Waals surface area contributed by atoms with Crippen LogP contribution >= 0.6 is 15.9 Å². The van der Waals surface area contributed by atoms with E-state index in [9.17, 15) is 9.59 Å². The molecule has 1 heterocycles. The molecule has 0 bridgehead atoms. The molecule has 1 aromatic heterocycles. The van der Waals surface area contributed by atoms with E-state index in [4.69, 9.17) is 4.74 Å². The van der Waals surface area contributed by atoms with Gasteiger partial charge in [-0.15, -0.1) is 0 Å². The molecule has 0 aliphatic carbocycles. The Morgan fingerprint density at radius 2 is 2.19 bits per heavy atom. The van der Waals surface area contributed by atoms with Crippen LogP contribution in [0.5, 0.6) is 0 Å². The number of ether oxygens (including phenoxy) is 1. The van der Waals surface area contributed by atoms with Gasteiger partial charge in [0, 0.05) is 42.4 Å². The van der Waals surface area contributed by atoms with Gasteiger partial charge >= 0.3 is 0 Å². The molecule has 0 aliphatic rings. The molecule has 0 aliphatic heterocycles. The van der Waals surface area contributed by atoms with Crippen LogP contribution in [0.2, 0.25) is 0 Å². The minimum absolute atomic E-state index is 0.0470. The molecule has 0 saturated carbocycles. The van der Waals surface area contributed by atoms with Gasteiger partial charge in [0.25, 0.3) is 0 Å². The van der Waals surface area contributed by atoms with Gasteiger partial charge in [0.2, 0.25) is 5.91 Å². The molecule has 5 nitrogen and oxygen atoms in total. The van der Waals surface area contributed by atoms with Crippen LogP contribution in [0.25, 0.3) is 10.9 Å². The van der Waals surface area contributed by atoms with Crippen LogP contribution in [-0.4, -0.2) is 30.7 Å². The molecule has 0 fully saturated rings. The van der Waals surface area contributed by atoms with E-state index in [1.54, 1.807) is 23.9 Å². The van der Waals surface area contributed by atoms with Gasteiger partial charge < -0.3 is 14.6 Å². The lowest BCUT2D eigenvalue weighted by atomic mass is 10.2. The zero-order valence-corrected chi connectivity index (χ0v) is 13.4. The summed E-state index contributed by atoms with van der Waals surface area (Å²) in [5.74, 6) is -0.0870. The summed E-state index contributed by atoms with van der Waals surface area (Å²) < 4.78 is 7.57. The fourth-order valence-corrected chi connectivity index (χ4v) is 2.42. The van der Waals surface area contributed by atoms with Crippen LogP contribution in [-0.2, 0) is 16.1 Å². The van der Waals surface area contributed by atoms with Gasteiger partial charge in [-0.1, -0.05) is 15.9 Å². The molecule has 2 rings (SSSR count). The molecule has 1 N–H and O–H groups in total. The normalized spacial score (nSPS) is 10.8. The molecular formula is C15H17BrN2O3. The largest absolute Gasteiger partial charge is 0.385 e. The molecule has 2 aromatic rings. The van der Waals surface area contributed by atoms with E-state index in [0.717, 1.165) is 16.4 Å². The number of hydrogen-bond donors (Lipinski definition) is 1. The third kappa shape index (κ3) is 4.15. The lowest BCUT2D eigenvalue weighted by Crippen LogP contribution is -2.29. The third-order valence-corrected chi connectivity index (χ3v) is 3.60. The average molecular weight is 353 g/mol. The maximum atomic E-state index is 11.9. The monoisotopic (exact) mass is 352 g/mol. The van der Waals surface area contributed by atoms with Crippen LogP contribution < -0.4 is 10.7 Å². The Morgan fingerprint density at radius 1 is 1.38 bits per heavy atom. The number of amides is 1. The molecule has 0 unspecified atom stereocenters. The SMILES string of the molecule is COCCCNC(=O)Cn1ccc(=O)c2ccc(Br)cc21. The number of methoxy groups -OCH3 is 1. The summed E-state index contributed by atoms with van der Waals surface area (Å²) in [6.45, 7) is 1.38. The van der Waals surface area contributed by atoms with E-state index >= 15 is 0 Å². The van der Waals surface area contributed by atoms with Crippen LogP contribution in [0.3, 0.4) is 0 Å². The molecule has 112 valence electrons. The summed E-state index contributed by atoms with van der Waals surface area (Å²) in [5, 5.41) is 3.43. The molecule has 0 atom stereocenters. The van der Waals surface area contributed by atoms with Crippen molar-refractivity contribution in [3.63, 3.8) is 0 Å². The van der Waals surface area contributed by atoms with Gasteiger partial charge in [0.05, 0.1) is 5.52 Å². The average Bonchev–Trinajstić information content (AvgIpc) is 2.46. The number of carbonyl (C=O) groups excluding carboxylic acids is 1. The minimum Gasteiger partial charge on any atom is -0.385 e. The van der Waals surface area contributed by atoms with Crippen LogP contribution in [0, 0.1) is 0 Å². The van der Waals surface area contributed by atoms with Crippen molar-refractivity contribution >= 4 is 32.7 Å². The number of carbonyl (C=O) groups is 1. The smallest absolute Gasteiger partial charge is 0.239 e. The maximum Gasteiger partial charge on any atom is 0.239 e. The minimum atomic E-state index is -0.0870. The molecule has 0 radical (unpaired) electrons. The lowest BCUT2D eigenvalue weighted by Gasteiger charge is -2.11. The second-order valence-corrected chi connectivity index (χ2v) is 5.58. The van der Waals surface area contributed by atoms with Crippen LogP contribution in [0.15, 0.2) is 39.7 Å². The first-order chi connectivity index (χ1) is 10.1. The number of fused-ring (bicyclic) bond motifs is 1. The fraction of sp³-hybridized carbons (Fsp3) is 0.333. The number of aromatic nitrogens is 1. The second-order valence-electron chi connectivity index (χ2n) is 4.67. The number of nitrogens with one attached hydrogen (secondary N) is 1. The highest BCUT2D eigenvalue weighted by Gasteiger charge is 2.07. The Labute approximate surface area is 131 Å². The van der Waals surface area contributed by atoms with Crippen molar-refractivity contribution in [2.24, 2.45) is 0 Å². The standard InChI is InChI=1S/C15H17BrN2O3/c1-21-8-2-6-17-15(20)10-18-7-5-14(19)12-4-3-11(16)9-13(12)18/h3-5,7,9H,2,6,8,10H2,1H3,(H,17,20). The van der Waals surface area contributed by atoms with Gasteiger partial charge in [-0.05, 0) is 24.6 Å². The van der Waals surface area contributed by atoms with E-state index in [0.29, 0.717) is 18.5 Å². The molecular weight excluding hydrogens is 336 g/mol. The quantitative estimate of drug-likeness (QED) is 0.808. The van der Waals surface area contributed by atoms with Gasteiger partial charge in [0.1, 0.15) is 6.54 Å². The first-order valence-corrected chi connectivity index (χ1v) is 7.45. The molecule has 0 spiro atoms. The predicted molar refractivity (Wildman–Crippen MR) is 85.4 cm³/mol. The van der Waals surface area contributed by atoms with Crippen molar-refractivity contribution in [2.45, 2.75) is 13.0 Å². The number of halogens is 1. The summed E-state index contributed by atoms with van der Waals surface area (Å²) in [4.78, 5) is 23.8. The summed E-state index contributed by atoms with van der Waals surface area (Å²) in [6, 6.07) is 6.90. The number of pyridine rings is 1. The van der Waals surface area contributed by atoms with Gasteiger partial charge in [-0.2, -0.15) is 0 Å². The van der Waals surface area contributed by atoms with Crippen molar-refractivity contribution in [3.8, 4) is 0 Å². The Balaban J connectivity index is 2.15. The summed E-state index contributed by atoms with van der Waals surface area (Å²) in [5.41, 5.74) is 0.693. The summed E-state index contributed by atoms with van der Waals surface area (Å²) >= 11 is 3.39. The summed E-state index contributed by atoms with van der Waals surface area (Å²) in [6.07, 6.45) is 2.42.